The van der Waals surface area contributed by atoms with Crippen LogP contribution >= 0.6 is 0 Å². The van der Waals surface area contributed by atoms with Crippen LogP contribution in [0.15, 0.2) is 66.7 Å². The zero-order valence-corrected chi connectivity index (χ0v) is 35.7. The molecule has 2 heterocycles. The van der Waals surface area contributed by atoms with Crippen LogP contribution in [0.5, 0.6) is 0 Å². The van der Waals surface area contributed by atoms with Crippen LogP contribution in [-0.4, -0.2) is 26.0 Å². The smallest absolute Gasteiger partial charge is 0.388 e. The Morgan fingerprint density at radius 3 is 1.58 bits per heavy atom. The lowest BCUT2D eigenvalue weighted by Gasteiger charge is -2.37. The van der Waals surface area contributed by atoms with E-state index in [0.29, 0.717) is 87.4 Å². The molecule has 10 heteroatoms. The van der Waals surface area contributed by atoms with E-state index in [2.05, 4.69) is 27.7 Å². The molecule has 0 aliphatic heterocycles. The van der Waals surface area contributed by atoms with Gasteiger partial charge in [0.2, 0.25) is 0 Å². The van der Waals surface area contributed by atoms with E-state index in [1.807, 2.05) is 0 Å². The highest BCUT2D eigenvalue weighted by Crippen LogP contribution is 2.54. The third-order valence-electron chi connectivity index (χ3n) is 14.0. The summed E-state index contributed by atoms with van der Waals surface area (Å²) in [6, 6.07) is 14.8. The number of hydrogen-bond donors (Lipinski definition) is 2. The number of aromatic nitrogens is 2. The van der Waals surface area contributed by atoms with Crippen molar-refractivity contribution in [1.82, 2.24) is 9.97 Å². The topological polar surface area (TPSA) is 83.3 Å². The molecule has 0 amide bonds. The first-order valence-electron chi connectivity index (χ1n) is 22.2. The van der Waals surface area contributed by atoms with Crippen molar-refractivity contribution < 1.29 is 37.0 Å². The molecular weight excluding hydrogens is 796 g/mol. The first kappa shape index (κ1) is 42.5. The number of alkyl halides is 3. The molecule has 2 fully saturated rings. The summed E-state index contributed by atoms with van der Waals surface area (Å²) in [4.78, 5) is 26.7. The van der Waals surface area contributed by atoms with Gasteiger partial charge in [-0.15, -0.1) is 0 Å². The molecule has 2 saturated carbocycles. The van der Waals surface area contributed by atoms with Gasteiger partial charge in [-0.1, -0.05) is 77.6 Å². The van der Waals surface area contributed by atoms with Crippen LogP contribution in [0, 0.1) is 22.5 Å². The molecule has 2 N–H and O–H groups in total. The quantitative estimate of drug-likeness (QED) is 0.126. The van der Waals surface area contributed by atoms with Crippen molar-refractivity contribution in [3.63, 3.8) is 0 Å². The van der Waals surface area contributed by atoms with E-state index in [1.165, 1.54) is 30.3 Å². The van der Waals surface area contributed by atoms with Crippen molar-refractivity contribution >= 4 is 5.78 Å². The zero-order valence-electron chi connectivity index (χ0n) is 35.7. The lowest BCUT2D eigenvalue weighted by atomic mass is 9.70. The Hall–Kier alpha value is -4.80. The molecule has 2 unspecified atom stereocenters. The molecule has 0 bridgehead atoms. The van der Waals surface area contributed by atoms with Gasteiger partial charge in [-0.2, -0.15) is 13.2 Å². The number of aliphatic hydroxyl groups is 2. The Labute approximate surface area is 359 Å². The highest BCUT2D eigenvalue weighted by molar-refractivity contribution is 6.18. The average Bonchev–Trinajstić information content (AvgIpc) is 3.95. The Morgan fingerprint density at radius 1 is 0.629 bits per heavy atom. The summed E-state index contributed by atoms with van der Waals surface area (Å²) in [5.41, 5.74) is 4.16. The van der Waals surface area contributed by atoms with Gasteiger partial charge in [0.25, 0.3) is 0 Å². The van der Waals surface area contributed by atoms with Gasteiger partial charge in [0.05, 0.1) is 34.7 Å². The summed E-state index contributed by atoms with van der Waals surface area (Å²) in [6.45, 7) is 8.23. The second-order valence-corrected chi connectivity index (χ2v) is 19.9. The van der Waals surface area contributed by atoms with Gasteiger partial charge < -0.3 is 10.2 Å². The van der Waals surface area contributed by atoms with Gasteiger partial charge in [0.1, 0.15) is 11.6 Å². The molecular formula is C52H53F5N2O3. The minimum atomic E-state index is -4.79. The molecule has 5 nitrogen and oxygen atoms in total. The van der Waals surface area contributed by atoms with Gasteiger partial charge in [0, 0.05) is 51.0 Å². The van der Waals surface area contributed by atoms with Gasteiger partial charge in [-0.05, 0) is 127 Å². The van der Waals surface area contributed by atoms with E-state index < -0.39 is 41.4 Å². The predicted molar refractivity (Wildman–Crippen MR) is 230 cm³/mol. The number of halogens is 5. The average molecular weight is 849 g/mol. The number of carbonyl (C=O) groups is 1. The predicted octanol–water partition coefficient (Wildman–Crippen LogP) is 13.3. The zero-order chi connectivity index (χ0) is 43.9. The SMILES string of the molecule is CC1(C)Cc2nc(C3CCCC3)c(C(=O)c3ccc(C(F)(F)F)cc3-c3c(C4CCCC4)nc4c(c3-c3ccc(F)cc3)C(O)CC(C)(C)C4)c(-c3ccc(F)cc3)c2C(O)C1. The van der Waals surface area contributed by atoms with E-state index >= 15 is 18.0 Å². The number of carbonyl (C=O) groups excluding carboxylic acids is 1. The summed E-state index contributed by atoms with van der Waals surface area (Å²) < 4.78 is 74.5. The normalized spacial score (nSPS) is 21.2. The highest BCUT2D eigenvalue weighted by atomic mass is 19.4. The lowest BCUT2D eigenvalue weighted by Crippen LogP contribution is -2.29. The molecule has 5 aromatic rings. The van der Waals surface area contributed by atoms with Gasteiger partial charge in [-0.3, -0.25) is 14.8 Å². The van der Waals surface area contributed by atoms with Crippen molar-refractivity contribution in [2.24, 2.45) is 10.8 Å². The van der Waals surface area contributed by atoms with Gasteiger partial charge in [-0.25, -0.2) is 8.78 Å². The maximum atomic E-state index is 16.1. The van der Waals surface area contributed by atoms with Gasteiger partial charge >= 0.3 is 6.18 Å². The largest absolute Gasteiger partial charge is 0.416 e. The van der Waals surface area contributed by atoms with Crippen molar-refractivity contribution in [1.29, 1.82) is 0 Å². The maximum Gasteiger partial charge on any atom is 0.416 e. The molecule has 3 aromatic carbocycles. The van der Waals surface area contributed by atoms with Crippen molar-refractivity contribution in [2.75, 3.05) is 0 Å². The molecule has 9 rings (SSSR count). The minimum Gasteiger partial charge on any atom is -0.388 e. The Bertz CT molecular complexity index is 2550. The molecule has 0 saturated heterocycles. The Balaban J connectivity index is 1.40. The molecule has 4 aliphatic carbocycles. The third kappa shape index (κ3) is 7.80. The van der Waals surface area contributed by atoms with Crippen LogP contribution in [-0.2, 0) is 19.0 Å². The number of benzene rings is 3. The van der Waals surface area contributed by atoms with Gasteiger partial charge in [0.15, 0.2) is 5.78 Å². The number of nitrogens with zero attached hydrogens (tertiary/aromatic N) is 2. The minimum absolute atomic E-state index is 0.0111. The summed E-state index contributed by atoms with van der Waals surface area (Å²) in [5.74, 6) is -1.83. The fraction of sp³-hybridized carbons (Fsp3) is 0.442. The summed E-state index contributed by atoms with van der Waals surface area (Å²) in [5, 5.41) is 24.0. The molecule has 4 aliphatic rings. The van der Waals surface area contributed by atoms with Crippen LogP contribution in [0.25, 0.3) is 33.4 Å². The summed E-state index contributed by atoms with van der Waals surface area (Å²) >= 11 is 0. The van der Waals surface area contributed by atoms with E-state index in [0.717, 1.165) is 63.5 Å². The molecule has 0 radical (unpaired) electrons. The standard InChI is InChI=1S/C52H53F5N2O3/c1-50(2)24-37-44(39(60)26-50)41(28-13-18-33(53)19-14-28)43(47(58-37)30-9-5-6-10-30)36-23-32(52(55,56)57)17-22-35(36)49(62)46-42(29-15-20-34(54)21-16-29)45-38(25-51(3,4)27-40(45)61)59-48(46)31-11-7-8-12-31/h13-23,30-31,39-40,60-61H,5-12,24-27H2,1-4H3. The first-order valence-corrected chi connectivity index (χ1v) is 22.2. The fourth-order valence-electron chi connectivity index (χ4n) is 11.2. The number of ketones is 1. The van der Waals surface area contributed by atoms with Crippen molar-refractivity contribution in [3.05, 3.63) is 129 Å². The second-order valence-electron chi connectivity index (χ2n) is 19.9. The van der Waals surface area contributed by atoms with E-state index in [4.69, 9.17) is 9.97 Å². The maximum absolute atomic E-state index is 16.1. The monoisotopic (exact) mass is 848 g/mol. The summed E-state index contributed by atoms with van der Waals surface area (Å²) in [7, 11) is 0. The van der Waals surface area contributed by atoms with Crippen LogP contribution in [0.3, 0.4) is 0 Å². The first-order chi connectivity index (χ1) is 29.4. The van der Waals surface area contributed by atoms with Crippen molar-refractivity contribution in [2.45, 2.75) is 135 Å². The van der Waals surface area contributed by atoms with E-state index in [-0.39, 0.29) is 39.4 Å². The van der Waals surface area contributed by atoms with Crippen LogP contribution in [0.4, 0.5) is 22.0 Å². The molecule has 0 spiro atoms. The fourth-order valence-corrected chi connectivity index (χ4v) is 11.2. The van der Waals surface area contributed by atoms with E-state index in [9.17, 15) is 19.0 Å². The lowest BCUT2D eigenvalue weighted by molar-refractivity contribution is -0.137. The van der Waals surface area contributed by atoms with Crippen LogP contribution in [0.1, 0.15) is 171 Å². The van der Waals surface area contributed by atoms with Crippen LogP contribution in [0.2, 0.25) is 0 Å². The van der Waals surface area contributed by atoms with Crippen LogP contribution < -0.4 is 0 Å². The molecule has 2 atom stereocenters. The number of aliphatic hydroxyl groups excluding tert-OH is 2. The Morgan fingerprint density at radius 2 is 1.08 bits per heavy atom. The van der Waals surface area contributed by atoms with Crippen molar-refractivity contribution in [3.8, 4) is 33.4 Å². The second kappa shape index (κ2) is 15.8. The number of pyridine rings is 2. The third-order valence-corrected chi connectivity index (χ3v) is 14.0. The Kier molecular flexibility index (Phi) is 10.8. The number of hydrogen-bond acceptors (Lipinski definition) is 5. The molecule has 324 valence electrons. The number of rotatable bonds is 7. The summed E-state index contributed by atoms with van der Waals surface area (Å²) in [6.07, 6.45) is 1.50. The highest BCUT2D eigenvalue weighted by Gasteiger charge is 2.42. The molecule has 2 aromatic heterocycles. The van der Waals surface area contributed by atoms with E-state index in [1.54, 1.807) is 24.3 Å². The molecule has 62 heavy (non-hydrogen) atoms. The number of fused-ring (bicyclic) bond motifs is 2.